The monoisotopic (exact) mass is 462 g/mol. The zero-order chi connectivity index (χ0) is 21.4. The molecule has 0 aliphatic rings. The average Bonchev–Trinajstić information content (AvgIpc) is 2.66. The summed E-state index contributed by atoms with van der Waals surface area (Å²) in [6.07, 6.45) is 0.580. The number of nitrogens with one attached hydrogen (secondary N) is 1. The highest BCUT2D eigenvalue weighted by atomic mass is 35.5. The normalized spacial score (nSPS) is 12.0. The fourth-order valence-electron chi connectivity index (χ4n) is 2.83. The Balaban J connectivity index is 0.00000450. The van der Waals surface area contributed by atoms with Gasteiger partial charge in [0.05, 0.1) is 13.7 Å². The van der Waals surface area contributed by atoms with Crippen LogP contribution in [0.1, 0.15) is 19.4 Å². The third-order valence-corrected chi connectivity index (χ3v) is 5.07. The molecule has 0 aliphatic heterocycles. The number of methoxy groups -OCH3 is 1. The van der Waals surface area contributed by atoms with Crippen molar-refractivity contribution in [2.24, 2.45) is 5.14 Å². The summed E-state index contributed by atoms with van der Waals surface area (Å²) in [5.74, 6) is 0.672. The van der Waals surface area contributed by atoms with Crippen molar-refractivity contribution in [2.75, 3.05) is 26.9 Å². The van der Waals surface area contributed by atoms with Gasteiger partial charge in [-0.05, 0) is 50.1 Å². The Bertz CT molecular complexity index is 927. The summed E-state index contributed by atoms with van der Waals surface area (Å²) in [4.78, 5) is -0.0393. The van der Waals surface area contributed by atoms with Crippen LogP contribution in [-0.4, -0.2) is 41.3 Å². The SMILES string of the molecule is CCOc1ccc(F)cc1OCCNC(C)Cc1ccc(OC)c(S(N)(=O)=O)c1.Cl. The number of sulfonamides is 1. The van der Waals surface area contributed by atoms with Crippen LogP contribution in [0.2, 0.25) is 0 Å². The van der Waals surface area contributed by atoms with Crippen LogP contribution in [0.15, 0.2) is 41.3 Å². The Kier molecular flexibility index (Phi) is 10.3. The molecular weight excluding hydrogens is 435 g/mol. The van der Waals surface area contributed by atoms with E-state index < -0.39 is 15.8 Å². The molecule has 10 heteroatoms. The number of halogens is 2. The summed E-state index contributed by atoms with van der Waals surface area (Å²) in [5.41, 5.74) is 0.805. The van der Waals surface area contributed by atoms with Crippen molar-refractivity contribution in [1.82, 2.24) is 5.32 Å². The lowest BCUT2D eigenvalue weighted by Gasteiger charge is -2.16. The van der Waals surface area contributed by atoms with Crippen LogP contribution in [0.4, 0.5) is 4.39 Å². The lowest BCUT2D eigenvalue weighted by molar-refractivity contribution is 0.271. The molecule has 0 radical (unpaired) electrons. The first-order valence-electron chi connectivity index (χ1n) is 9.22. The number of nitrogens with two attached hydrogens (primary N) is 1. The first-order valence-corrected chi connectivity index (χ1v) is 10.8. The van der Waals surface area contributed by atoms with Gasteiger partial charge in [-0.15, -0.1) is 12.4 Å². The lowest BCUT2D eigenvalue weighted by atomic mass is 10.1. The molecule has 7 nitrogen and oxygen atoms in total. The number of benzene rings is 2. The minimum atomic E-state index is -3.88. The van der Waals surface area contributed by atoms with E-state index in [1.54, 1.807) is 12.1 Å². The Morgan fingerprint density at radius 3 is 2.43 bits per heavy atom. The molecule has 0 amide bonds. The van der Waals surface area contributed by atoms with Crippen LogP contribution in [0.5, 0.6) is 17.2 Å². The second kappa shape index (κ2) is 11.9. The van der Waals surface area contributed by atoms with Gasteiger partial charge in [0.1, 0.15) is 23.1 Å². The molecule has 0 bridgehead atoms. The summed E-state index contributed by atoms with van der Waals surface area (Å²) < 4.78 is 53.0. The molecule has 2 aromatic rings. The van der Waals surface area contributed by atoms with Gasteiger partial charge in [-0.2, -0.15) is 0 Å². The zero-order valence-electron chi connectivity index (χ0n) is 17.2. The molecular formula is C20H28ClFN2O5S. The van der Waals surface area contributed by atoms with Crippen LogP contribution < -0.4 is 24.7 Å². The van der Waals surface area contributed by atoms with Crippen molar-refractivity contribution in [2.45, 2.75) is 31.2 Å². The van der Waals surface area contributed by atoms with Gasteiger partial charge in [0, 0.05) is 18.7 Å². The second-order valence-corrected chi connectivity index (χ2v) is 7.99. The zero-order valence-corrected chi connectivity index (χ0v) is 18.8. The summed E-state index contributed by atoms with van der Waals surface area (Å²) in [6.45, 7) is 5.10. The molecule has 0 saturated carbocycles. The van der Waals surface area contributed by atoms with Crippen molar-refractivity contribution >= 4 is 22.4 Å². The van der Waals surface area contributed by atoms with Crippen molar-refractivity contribution in [3.05, 3.63) is 47.8 Å². The van der Waals surface area contributed by atoms with Gasteiger partial charge in [-0.1, -0.05) is 6.07 Å². The number of rotatable bonds is 11. The summed E-state index contributed by atoms with van der Waals surface area (Å²) in [7, 11) is -2.48. The predicted molar refractivity (Wildman–Crippen MR) is 116 cm³/mol. The van der Waals surface area contributed by atoms with Crippen LogP contribution >= 0.6 is 12.4 Å². The minimum absolute atomic E-state index is 0. The van der Waals surface area contributed by atoms with E-state index >= 15 is 0 Å². The standard InChI is InChI=1S/C20H27FN2O5S.ClH/c1-4-27-17-8-6-16(21)13-19(17)28-10-9-23-14(2)11-15-5-7-18(26-3)20(12-15)29(22,24)25;/h5-8,12-14,23H,4,9-11H2,1-3H3,(H2,22,24,25);1H. The fraction of sp³-hybridized carbons (Fsp3) is 0.400. The number of ether oxygens (including phenoxy) is 3. The van der Waals surface area contributed by atoms with Crippen molar-refractivity contribution in [3.8, 4) is 17.2 Å². The highest BCUT2D eigenvalue weighted by Gasteiger charge is 2.16. The third-order valence-electron chi connectivity index (χ3n) is 4.13. The van der Waals surface area contributed by atoms with Gasteiger partial charge in [0.2, 0.25) is 10.0 Å². The Hall–Kier alpha value is -2.07. The molecule has 1 atom stereocenters. The largest absolute Gasteiger partial charge is 0.495 e. The van der Waals surface area contributed by atoms with E-state index in [0.29, 0.717) is 37.7 Å². The van der Waals surface area contributed by atoms with Crippen LogP contribution in [-0.2, 0) is 16.4 Å². The predicted octanol–water partition coefficient (Wildman–Crippen LogP) is 2.90. The van der Waals surface area contributed by atoms with E-state index in [2.05, 4.69) is 5.32 Å². The highest BCUT2D eigenvalue weighted by molar-refractivity contribution is 7.89. The Labute approximate surface area is 183 Å². The van der Waals surface area contributed by atoms with E-state index in [1.807, 2.05) is 13.8 Å². The van der Waals surface area contributed by atoms with Gasteiger partial charge in [0.15, 0.2) is 11.5 Å². The lowest BCUT2D eigenvalue weighted by Crippen LogP contribution is -2.32. The molecule has 0 saturated heterocycles. The maximum Gasteiger partial charge on any atom is 0.241 e. The molecule has 0 aliphatic carbocycles. The molecule has 1 unspecified atom stereocenters. The van der Waals surface area contributed by atoms with Gasteiger partial charge in [-0.3, -0.25) is 0 Å². The number of primary sulfonamides is 1. The average molecular weight is 463 g/mol. The maximum absolute atomic E-state index is 13.4. The van der Waals surface area contributed by atoms with Gasteiger partial charge < -0.3 is 19.5 Å². The maximum atomic E-state index is 13.4. The molecule has 168 valence electrons. The van der Waals surface area contributed by atoms with Crippen LogP contribution in [0.3, 0.4) is 0 Å². The van der Waals surface area contributed by atoms with Crippen LogP contribution in [0, 0.1) is 5.82 Å². The van der Waals surface area contributed by atoms with Gasteiger partial charge >= 0.3 is 0 Å². The van der Waals surface area contributed by atoms with Crippen molar-refractivity contribution < 1.29 is 27.0 Å². The van der Waals surface area contributed by atoms with Crippen molar-refractivity contribution in [3.63, 3.8) is 0 Å². The molecule has 0 heterocycles. The molecule has 0 spiro atoms. The first-order chi connectivity index (χ1) is 13.7. The molecule has 30 heavy (non-hydrogen) atoms. The van der Waals surface area contributed by atoms with Crippen molar-refractivity contribution in [1.29, 1.82) is 0 Å². The Morgan fingerprint density at radius 2 is 1.80 bits per heavy atom. The third kappa shape index (κ3) is 7.64. The molecule has 2 aromatic carbocycles. The van der Waals surface area contributed by atoms with Gasteiger partial charge in [-0.25, -0.2) is 17.9 Å². The van der Waals surface area contributed by atoms with Gasteiger partial charge in [0.25, 0.3) is 0 Å². The molecule has 2 rings (SSSR count). The fourth-order valence-corrected chi connectivity index (χ4v) is 3.58. The number of hydrogen-bond donors (Lipinski definition) is 2. The van der Waals surface area contributed by atoms with E-state index in [0.717, 1.165) is 5.56 Å². The van der Waals surface area contributed by atoms with Crippen LogP contribution in [0.25, 0.3) is 0 Å². The van der Waals surface area contributed by atoms with E-state index in [4.69, 9.17) is 19.3 Å². The van der Waals surface area contributed by atoms with E-state index in [-0.39, 0.29) is 29.1 Å². The Morgan fingerprint density at radius 1 is 1.10 bits per heavy atom. The minimum Gasteiger partial charge on any atom is -0.495 e. The molecule has 0 fully saturated rings. The molecule has 0 aromatic heterocycles. The van der Waals surface area contributed by atoms with E-state index in [9.17, 15) is 12.8 Å². The summed E-state index contributed by atoms with van der Waals surface area (Å²) in [5, 5.41) is 8.54. The number of hydrogen-bond acceptors (Lipinski definition) is 6. The quantitative estimate of drug-likeness (QED) is 0.498. The second-order valence-electron chi connectivity index (χ2n) is 6.46. The van der Waals surface area contributed by atoms with E-state index in [1.165, 1.54) is 31.4 Å². The smallest absolute Gasteiger partial charge is 0.241 e. The first kappa shape index (κ1) is 26.0. The topological polar surface area (TPSA) is 99.9 Å². The summed E-state index contributed by atoms with van der Waals surface area (Å²) in [6, 6.07) is 9.09. The summed E-state index contributed by atoms with van der Waals surface area (Å²) >= 11 is 0. The highest BCUT2D eigenvalue weighted by Crippen LogP contribution is 2.28. The molecule has 3 N–H and O–H groups in total.